The lowest BCUT2D eigenvalue weighted by atomic mass is 10.3. The molecular formula is C14H9BrCl3N3. The summed E-state index contributed by atoms with van der Waals surface area (Å²) in [5.41, 5.74) is 2.24. The summed E-state index contributed by atoms with van der Waals surface area (Å²) in [5, 5.41) is 0.810. The molecule has 21 heavy (non-hydrogen) atoms. The summed E-state index contributed by atoms with van der Waals surface area (Å²) in [7, 11) is 0. The Morgan fingerprint density at radius 3 is 2.43 bits per heavy atom. The molecule has 0 radical (unpaired) electrons. The predicted octanol–water partition coefficient (Wildman–Crippen LogP) is 5.79. The molecule has 0 saturated carbocycles. The van der Waals surface area contributed by atoms with Gasteiger partial charge in [0.05, 0.1) is 11.1 Å². The van der Waals surface area contributed by atoms with E-state index in [4.69, 9.17) is 34.8 Å². The fourth-order valence-electron chi connectivity index (χ4n) is 2.15. The first-order chi connectivity index (χ1) is 9.95. The molecule has 2 aromatic heterocycles. The average Bonchev–Trinajstić information content (AvgIpc) is 2.76. The molecule has 2 heterocycles. The SMILES string of the molecule is CC(Cl)c1nc2cc(Br)cnc2n1-c1cc(Cl)cc(Cl)c1. The zero-order chi connectivity index (χ0) is 15.1. The quantitative estimate of drug-likeness (QED) is 0.505. The van der Waals surface area contributed by atoms with Gasteiger partial charge in [-0.25, -0.2) is 9.97 Å². The van der Waals surface area contributed by atoms with Crippen LogP contribution >= 0.6 is 50.7 Å². The number of hydrogen-bond donors (Lipinski definition) is 0. The number of alkyl halides is 1. The molecule has 0 fully saturated rings. The second kappa shape index (κ2) is 5.76. The van der Waals surface area contributed by atoms with Crippen molar-refractivity contribution in [3.8, 4) is 5.69 Å². The highest BCUT2D eigenvalue weighted by Gasteiger charge is 2.18. The molecule has 7 heteroatoms. The molecule has 0 N–H and O–H groups in total. The molecule has 3 nitrogen and oxygen atoms in total. The van der Waals surface area contributed by atoms with Gasteiger partial charge in [0.2, 0.25) is 0 Å². The second-order valence-electron chi connectivity index (χ2n) is 4.55. The molecule has 1 atom stereocenters. The topological polar surface area (TPSA) is 30.7 Å². The lowest BCUT2D eigenvalue weighted by molar-refractivity contribution is 0.877. The van der Waals surface area contributed by atoms with Crippen LogP contribution in [0, 0.1) is 0 Å². The maximum Gasteiger partial charge on any atom is 0.164 e. The van der Waals surface area contributed by atoms with Crippen LogP contribution in [-0.2, 0) is 0 Å². The largest absolute Gasteiger partial charge is 0.279 e. The molecule has 0 aliphatic rings. The summed E-state index contributed by atoms with van der Waals surface area (Å²) in [6.45, 7) is 1.86. The summed E-state index contributed by atoms with van der Waals surface area (Å²) in [5.74, 6) is 0.690. The number of pyridine rings is 1. The van der Waals surface area contributed by atoms with Crippen LogP contribution in [0.25, 0.3) is 16.9 Å². The number of fused-ring (bicyclic) bond motifs is 1. The van der Waals surface area contributed by atoms with Gasteiger partial charge in [-0.05, 0) is 47.1 Å². The number of imidazole rings is 1. The highest BCUT2D eigenvalue weighted by molar-refractivity contribution is 9.10. The van der Waals surface area contributed by atoms with E-state index in [1.807, 2.05) is 17.6 Å². The van der Waals surface area contributed by atoms with Crippen LogP contribution in [0.2, 0.25) is 10.0 Å². The molecule has 108 valence electrons. The van der Waals surface area contributed by atoms with Gasteiger partial charge in [0, 0.05) is 20.7 Å². The van der Waals surface area contributed by atoms with Gasteiger partial charge in [0.15, 0.2) is 5.65 Å². The predicted molar refractivity (Wildman–Crippen MR) is 90.9 cm³/mol. The third kappa shape index (κ3) is 2.90. The fraction of sp³-hybridized carbons (Fsp3) is 0.143. The minimum absolute atomic E-state index is 0.282. The van der Waals surface area contributed by atoms with Crippen LogP contribution in [-0.4, -0.2) is 14.5 Å². The van der Waals surface area contributed by atoms with E-state index < -0.39 is 0 Å². The zero-order valence-electron chi connectivity index (χ0n) is 10.8. The Hall–Kier alpha value is -0.810. The Kier molecular flexibility index (Phi) is 4.14. The molecule has 1 unspecified atom stereocenters. The Labute approximate surface area is 145 Å². The summed E-state index contributed by atoms with van der Waals surface area (Å²) in [4.78, 5) is 8.99. The van der Waals surface area contributed by atoms with Crippen LogP contribution in [0.5, 0.6) is 0 Å². The van der Waals surface area contributed by atoms with Gasteiger partial charge in [-0.3, -0.25) is 4.57 Å². The van der Waals surface area contributed by atoms with Crippen molar-refractivity contribution in [1.82, 2.24) is 14.5 Å². The van der Waals surface area contributed by atoms with E-state index in [-0.39, 0.29) is 5.38 Å². The summed E-state index contributed by atoms with van der Waals surface area (Å²) < 4.78 is 2.73. The maximum atomic E-state index is 6.26. The highest BCUT2D eigenvalue weighted by atomic mass is 79.9. The minimum atomic E-state index is -0.282. The van der Waals surface area contributed by atoms with Gasteiger partial charge >= 0.3 is 0 Å². The molecule has 1 aromatic carbocycles. The Morgan fingerprint density at radius 1 is 1.14 bits per heavy atom. The molecule has 3 aromatic rings. The number of aromatic nitrogens is 3. The van der Waals surface area contributed by atoms with Crippen molar-refractivity contribution >= 4 is 61.9 Å². The third-order valence-corrected chi connectivity index (χ3v) is 4.02. The van der Waals surface area contributed by atoms with Crippen LogP contribution in [0.3, 0.4) is 0 Å². The van der Waals surface area contributed by atoms with Crippen molar-refractivity contribution in [3.63, 3.8) is 0 Å². The lowest BCUT2D eigenvalue weighted by Crippen LogP contribution is -2.02. The number of rotatable bonds is 2. The Balaban J connectivity index is 2.36. The van der Waals surface area contributed by atoms with E-state index in [2.05, 4.69) is 25.9 Å². The molecular weight excluding hydrogens is 396 g/mol. The Bertz CT molecular complexity index is 809. The van der Waals surface area contributed by atoms with Crippen LogP contribution < -0.4 is 0 Å². The van der Waals surface area contributed by atoms with Crippen molar-refractivity contribution in [2.45, 2.75) is 12.3 Å². The molecule has 0 aliphatic heterocycles. The first-order valence-corrected chi connectivity index (χ1v) is 8.08. The van der Waals surface area contributed by atoms with E-state index in [9.17, 15) is 0 Å². The zero-order valence-corrected chi connectivity index (χ0v) is 14.7. The molecule has 0 amide bonds. The van der Waals surface area contributed by atoms with Crippen molar-refractivity contribution in [3.05, 3.63) is 50.8 Å². The summed E-state index contributed by atoms with van der Waals surface area (Å²) >= 11 is 21.8. The number of halogens is 4. The average molecular weight is 406 g/mol. The third-order valence-electron chi connectivity index (χ3n) is 2.95. The van der Waals surface area contributed by atoms with Gasteiger partial charge in [-0.2, -0.15) is 0 Å². The molecule has 3 rings (SSSR count). The molecule has 0 saturated heterocycles. The monoisotopic (exact) mass is 403 g/mol. The van der Waals surface area contributed by atoms with E-state index in [1.54, 1.807) is 24.4 Å². The lowest BCUT2D eigenvalue weighted by Gasteiger charge is -2.11. The second-order valence-corrected chi connectivity index (χ2v) is 6.99. The van der Waals surface area contributed by atoms with Crippen molar-refractivity contribution < 1.29 is 0 Å². The van der Waals surface area contributed by atoms with Gasteiger partial charge in [-0.1, -0.05) is 23.2 Å². The fourth-order valence-corrected chi connectivity index (χ4v) is 3.13. The first-order valence-electron chi connectivity index (χ1n) is 6.10. The number of nitrogens with zero attached hydrogens (tertiary/aromatic N) is 3. The minimum Gasteiger partial charge on any atom is -0.279 e. The first kappa shape index (κ1) is 15.1. The summed E-state index contributed by atoms with van der Waals surface area (Å²) in [6.07, 6.45) is 1.72. The molecule has 0 bridgehead atoms. The molecule has 0 aliphatic carbocycles. The van der Waals surface area contributed by atoms with Gasteiger partial charge in [0.1, 0.15) is 11.3 Å². The van der Waals surface area contributed by atoms with Crippen molar-refractivity contribution in [1.29, 1.82) is 0 Å². The number of benzene rings is 1. The van der Waals surface area contributed by atoms with Crippen LogP contribution in [0.15, 0.2) is 34.9 Å². The van der Waals surface area contributed by atoms with Gasteiger partial charge < -0.3 is 0 Å². The van der Waals surface area contributed by atoms with E-state index in [0.29, 0.717) is 21.5 Å². The highest BCUT2D eigenvalue weighted by Crippen LogP contribution is 2.30. The normalized spacial score (nSPS) is 12.8. The van der Waals surface area contributed by atoms with Crippen molar-refractivity contribution in [2.75, 3.05) is 0 Å². The van der Waals surface area contributed by atoms with E-state index in [1.165, 1.54) is 0 Å². The summed E-state index contributed by atoms with van der Waals surface area (Å²) in [6, 6.07) is 7.19. The van der Waals surface area contributed by atoms with E-state index >= 15 is 0 Å². The van der Waals surface area contributed by atoms with Crippen molar-refractivity contribution in [2.24, 2.45) is 0 Å². The smallest absolute Gasteiger partial charge is 0.164 e. The standard InChI is InChI=1S/C14H9BrCl3N3/c1-7(16)13-20-12-2-8(15)6-19-14(12)21(13)11-4-9(17)3-10(18)5-11/h2-7H,1H3. The number of hydrogen-bond acceptors (Lipinski definition) is 2. The maximum absolute atomic E-state index is 6.26. The van der Waals surface area contributed by atoms with Crippen LogP contribution in [0.1, 0.15) is 18.1 Å². The van der Waals surface area contributed by atoms with Crippen LogP contribution in [0.4, 0.5) is 0 Å². The van der Waals surface area contributed by atoms with Gasteiger partial charge in [0.25, 0.3) is 0 Å². The van der Waals surface area contributed by atoms with E-state index in [0.717, 1.165) is 15.7 Å². The Morgan fingerprint density at radius 2 is 1.81 bits per heavy atom. The van der Waals surface area contributed by atoms with Gasteiger partial charge in [-0.15, -0.1) is 11.6 Å². The molecule has 0 spiro atoms.